The Labute approximate surface area is 195 Å². The van der Waals surface area contributed by atoms with Crippen LogP contribution in [-0.4, -0.2) is 75.2 Å². The van der Waals surface area contributed by atoms with Gasteiger partial charge in [0.15, 0.2) is 0 Å². The van der Waals surface area contributed by atoms with Crippen molar-refractivity contribution in [3.05, 3.63) is 35.4 Å². The SMILES string of the molecule is CCCCN(C)CCCCOC(=O)c1cccc(C(=O)OCCCCN(C)CCCC)c1. The van der Waals surface area contributed by atoms with E-state index < -0.39 is 11.9 Å². The molecule has 32 heavy (non-hydrogen) atoms. The Morgan fingerprint density at radius 3 is 1.50 bits per heavy atom. The van der Waals surface area contributed by atoms with Crippen LogP contribution in [0.1, 0.15) is 85.9 Å². The van der Waals surface area contributed by atoms with Gasteiger partial charge in [-0.2, -0.15) is 0 Å². The molecule has 0 aliphatic carbocycles. The monoisotopic (exact) mass is 448 g/mol. The fourth-order valence-corrected chi connectivity index (χ4v) is 3.32. The Morgan fingerprint density at radius 1 is 0.688 bits per heavy atom. The molecule has 0 aromatic heterocycles. The lowest BCUT2D eigenvalue weighted by atomic mass is 10.1. The van der Waals surface area contributed by atoms with Crippen molar-refractivity contribution in [1.29, 1.82) is 0 Å². The topological polar surface area (TPSA) is 59.1 Å². The Morgan fingerprint density at radius 2 is 1.09 bits per heavy atom. The zero-order valence-electron chi connectivity index (χ0n) is 20.7. The van der Waals surface area contributed by atoms with Crippen molar-refractivity contribution in [3.8, 4) is 0 Å². The summed E-state index contributed by atoms with van der Waals surface area (Å²) in [6.45, 7) is 9.39. The average Bonchev–Trinajstić information content (AvgIpc) is 2.80. The molecule has 0 fully saturated rings. The fourth-order valence-electron chi connectivity index (χ4n) is 3.32. The Balaban J connectivity index is 2.28. The lowest BCUT2D eigenvalue weighted by molar-refractivity contribution is 0.0494. The normalized spacial score (nSPS) is 11.2. The van der Waals surface area contributed by atoms with Gasteiger partial charge in [-0.1, -0.05) is 32.8 Å². The second-order valence-electron chi connectivity index (χ2n) is 8.58. The van der Waals surface area contributed by atoms with E-state index in [1.54, 1.807) is 24.3 Å². The van der Waals surface area contributed by atoms with E-state index in [1.165, 1.54) is 25.7 Å². The molecule has 0 N–H and O–H groups in total. The summed E-state index contributed by atoms with van der Waals surface area (Å²) in [7, 11) is 4.25. The molecule has 0 radical (unpaired) electrons. The highest BCUT2D eigenvalue weighted by atomic mass is 16.5. The van der Waals surface area contributed by atoms with Crippen LogP contribution in [0.4, 0.5) is 0 Å². The average molecular weight is 449 g/mol. The third-order valence-corrected chi connectivity index (χ3v) is 5.46. The highest BCUT2D eigenvalue weighted by molar-refractivity contribution is 5.95. The van der Waals surface area contributed by atoms with Crippen molar-refractivity contribution in [1.82, 2.24) is 9.80 Å². The van der Waals surface area contributed by atoms with E-state index in [1.807, 2.05) is 0 Å². The summed E-state index contributed by atoms with van der Waals surface area (Å²) >= 11 is 0. The summed E-state index contributed by atoms with van der Waals surface area (Å²) in [5.41, 5.74) is 0.772. The van der Waals surface area contributed by atoms with Crippen LogP contribution in [0.15, 0.2) is 24.3 Å². The third-order valence-electron chi connectivity index (χ3n) is 5.46. The zero-order valence-corrected chi connectivity index (χ0v) is 20.7. The van der Waals surface area contributed by atoms with E-state index >= 15 is 0 Å². The number of carbonyl (C=O) groups excluding carboxylic acids is 2. The molecule has 0 saturated heterocycles. The van der Waals surface area contributed by atoms with Crippen LogP contribution in [0, 0.1) is 0 Å². The summed E-state index contributed by atoms with van der Waals surface area (Å²) in [5, 5.41) is 0. The molecule has 1 rings (SSSR count). The standard InChI is InChI=1S/C26H44N2O4/c1-5-7-16-27(3)18-9-11-20-31-25(29)23-14-13-15-24(22-23)26(30)32-21-12-10-19-28(4)17-8-6-2/h13-15,22H,5-12,16-21H2,1-4H3. The second kappa shape index (κ2) is 17.6. The van der Waals surface area contributed by atoms with Crippen LogP contribution in [0.25, 0.3) is 0 Å². The van der Waals surface area contributed by atoms with Gasteiger partial charge in [-0.15, -0.1) is 0 Å². The molecule has 0 amide bonds. The highest BCUT2D eigenvalue weighted by Gasteiger charge is 2.12. The zero-order chi connectivity index (χ0) is 23.6. The number of hydrogen-bond acceptors (Lipinski definition) is 6. The maximum absolute atomic E-state index is 12.3. The third kappa shape index (κ3) is 12.8. The summed E-state index contributed by atoms with van der Waals surface area (Å²) in [4.78, 5) is 29.2. The van der Waals surface area contributed by atoms with Gasteiger partial charge < -0.3 is 19.3 Å². The van der Waals surface area contributed by atoms with Gasteiger partial charge in [0.25, 0.3) is 0 Å². The van der Waals surface area contributed by atoms with Crippen molar-refractivity contribution in [2.45, 2.75) is 65.2 Å². The number of benzene rings is 1. The van der Waals surface area contributed by atoms with Crippen LogP contribution in [0.2, 0.25) is 0 Å². The molecule has 6 heteroatoms. The minimum absolute atomic E-state index is 0.386. The van der Waals surface area contributed by atoms with Gasteiger partial charge in [-0.3, -0.25) is 0 Å². The van der Waals surface area contributed by atoms with E-state index in [9.17, 15) is 9.59 Å². The molecular formula is C26H44N2O4. The Kier molecular flexibility index (Phi) is 15.5. The molecule has 6 nitrogen and oxygen atoms in total. The number of ether oxygens (including phenoxy) is 2. The van der Waals surface area contributed by atoms with Gasteiger partial charge in [-0.05, 0) is 97.0 Å². The summed E-state index contributed by atoms with van der Waals surface area (Å²) in [6, 6.07) is 6.59. The molecule has 0 heterocycles. The molecular weight excluding hydrogens is 404 g/mol. The number of rotatable bonds is 18. The Hall–Kier alpha value is -1.92. The van der Waals surface area contributed by atoms with Gasteiger partial charge in [0.05, 0.1) is 24.3 Å². The molecule has 0 unspecified atom stereocenters. The van der Waals surface area contributed by atoms with Crippen LogP contribution < -0.4 is 0 Å². The fraction of sp³-hybridized carbons (Fsp3) is 0.692. The van der Waals surface area contributed by atoms with Crippen LogP contribution in [0.5, 0.6) is 0 Å². The Bertz CT molecular complexity index is 599. The predicted molar refractivity (Wildman–Crippen MR) is 130 cm³/mol. The largest absolute Gasteiger partial charge is 0.462 e. The molecule has 0 aliphatic heterocycles. The van der Waals surface area contributed by atoms with Gasteiger partial charge >= 0.3 is 11.9 Å². The van der Waals surface area contributed by atoms with E-state index in [0.717, 1.165) is 51.9 Å². The molecule has 0 saturated carbocycles. The first-order valence-electron chi connectivity index (χ1n) is 12.3. The van der Waals surface area contributed by atoms with Gasteiger partial charge in [0.2, 0.25) is 0 Å². The lowest BCUT2D eigenvalue weighted by Crippen LogP contribution is -2.21. The van der Waals surface area contributed by atoms with Crippen molar-refractivity contribution in [2.24, 2.45) is 0 Å². The van der Waals surface area contributed by atoms with E-state index in [4.69, 9.17) is 9.47 Å². The summed E-state index contributed by atoms with van der Waals surface area (Å²) in [6.07, 6.45) is 8.47. The molecule has 0 bridgehead atoms. The van der Waals surface area contributed by atoms with Gasteiger partial charge in [0, 0.05) is 0 Å². The lowest BCUT2D eigenvalue weighted by Gasteiger charge is -2.15. The predicted octanol–water partition coefficient (Wildman–Crippen LogP) is 5.02. The van der Waals surface area contributed by atoms with E-state index in [0.29, 0.717) is 24.3 Å². The number of esters is 2. The first-order valence-corrected chi connectivity index (χ1v) is 12.3. The molecule has 0 atom stereocenters. The van der Waals surface area contributed by atoms with E-state index in [2.05, 4.69) is 37.7 Å². The minimum Gasteiger partial charge on any atom is -0.462 e. The first-order chi connectivity index (χ1) is 15.5. The maximum Gasteiger partial charge on any atom is 0.338 e. The van der Waals surface area contributed by atoms with Gasteiger partial charge in [0.1, 0.15) is 0 Å². The van der Waals surface area contributed by atoms with Crippen molar-refractivity contribution in [2.75, 3.05) is 53.5 Å². The highest BCUT2D eigenvalue weighted by Crippen LogP contribution is 2.10. The van der Waals surface area contributed by atoms with E-state index in [-0.39, 0.29) is 0 Å². The van der Waals surface area contributed by atoms with Crippen molar-refractivity contribution < 1.29 is 19.1 Å². The van der Waals surface area contributed by atoms with Crippen molar-refractivity contribution in [3.63, 3.8) is 0 Å². The summed E-state index contributed by atoms with van der Waals surface area (Å²) in [5.74, 6) is -0.789. The number of hydrogen-bond donors (Lipinski definition) is 0. The van der Waals surface area contributed by atoms with Crippen molar-refractivity contribution >= 4 is 11.9 Å². The second-order valence-corrected chi connectivity index (χ2v) is 8.58. The molecule has 1 aromatic rings. The maximum atomic E-state index is 12.3. The first kappa shape index (κ1) is 28.1. The molecule has 1 aromatic carbocycles. The number of unbranched alkanes of at least 4 members (excludes halogenated alkanes) is 4. The number of carbonyl (C=O) groups is 2. The molecule has 0 spiro atoms. The molecule has 0 aliphatic rings. The summed E-state index contributed by atoms with van der Waals surface area (Å²) < 4.78 is 10.7. The van der Waals surface area contributed by atoms with Crippen LogP contribution >= 0.6 is 0 Å². The van der Waals surface area contributed by atoms with Gasteiger partial charge in [-0.25, -0.2) is 9.59 Å². The van der Waals surface area contributed by atoms with Crippen LogP contribution in [-0.2, 0) is 9.47 Å². The quantitative estimate of drug-likeness (QED) is 0.232. The number of nitrogens with zero attached hydrogens (tertiary/aromatic N) is 2. The van der Waals surface area contributed by atoms with Crippen LogP contribution in [0.3, 0.4) is 0 Å². The molecule has 182 valence electrons. The smallest absolute Gasteiger partial charge is 0.338 e. The minimum atomic E-state index is -0.394.